The molecular weight excluding hydrogens is 534 g/mol. The number of ether oxygens (including phenoxy) is 2. The van der Waals surface area contributed by atoms with Crippen LogP contribution in [0, 0.1) is 17.0 Å². The average molecular weight is 550 g/mol. The lowest BCUT2D eigenvalue weighted by molar-refractivity contribution is -0.385. The second-order valence-corrected chi connectivity index (χ2v) is 9.44. The topological polar surface area (TPSA) is 119 Å². The van der Waals surface area contributed by atoms with Crippen molar-refractivity contribution < 1.29 is 28.8 Å². The fourth-order valence-corrected chi connectivity index (χ4v) is 5.16. The molecule has 36 heavy (non-hydrogen) atoms. The monoisotopic (exact) mass is 549 g/mol. The number of nitrogens with zero attached hydrogens (tertiary/aromatic N) is 3. The van der Waals surface area contributed by atoms with E-state index < -0.39 is 40.4 Å². The summed E-state index contributed by atoms with van der Waals surface area (Å²) in [6.45, 7) is 1.94. The number of anilines is 1. The SMILES string of the molecule is Cc1cc(N2C(=O)[C@H](N3C(=O)c4cccc([N+](=O)[O-])c4C3=O)[C@H]2c2ccc3c(c2)OCO3)ccc1Br. The molecule has 0 saturated carbocycles. The molecular formula is C25H16BrN3O7. The summed E-state index contributed by atoms with van der Waals surface area (Å²) in [7, 11) is 0. The first kappa shape index (κ1) is 22.2. The van der Waals surface area contributed by atoms with E-state index in [1.165, 1.54) is 23.1 Å². The maximum Gasteiger partial charge on any atom is 0.282 e. The number of imide groups is 1. The first-order valence-corrected chi connectivity index (χ1v) is 11.7. The van der Waals surface area contributed by atoms with Gasteiger partial charge in [0.1, 0.15) is 11.6 Å². The van der Waals surface area contributed by atoms with Gasteiger partial charge in [-0.2, -0.15) is 0 Å². The minimum atomic E-state index is -1.19. The van der Waals surface area contributed by atoms with Crippen molar-refractivity contribution in [2.24, 2.45) is 0 Å². The molecule has 3 aromatic carbocycles. The molecule has 3 amide bonds. The summed E-state index contributed by atoms with van der Waals surface area (Å²) < 4.78 is 11.8. The lowest BCUT2D eigenvalue weighted by atomic mass is 9.86. The molecule has 0 bridgehead atoms. The van der Waals surface area contributed by atoms with Gasteiger partial charge in [0, 0.05) is 16.2 Å². The number of β-lactam (4-membered cyclic amide) rings is 1. The Hall–Kier alpha value is -4.25. The van der Waals surface area contributed by atoms with Crippen molar-refractivity contribution >= 4 is 45.0 Å². The fraction of sp³-hybridized carbons (Fsp3) is 0.160. The van der Waals surface area contributed by atoms with Crippen LogP contribution in [-0.4, -0.2) is 40.4 Å². The highest BCUT2D eigenvalue weighted by molar-refractivity contribution is 9.10. The number of rotatable bonds is 4. The van der Waals surface area contributed by atoms with Crippen LogP contribution in [0.1, 0.15) is 37.9 Å². The summed E-state index contributed by atoms with van der Waals surface area (Å²) in [5.74, 6) is -1.05. The summed E-state index contributed by atoms with van der Waals surface area (Å²) in [6.07, 6.45) is 0. The molecule has 11 heteroatoms. The molecule has 3 aromatic rings. The summed E-state index contributed by atoms with van der Waals surface area (Å²) in [6, 6.07) is 12.5. The van der Waals surface area contributed by atoms with Crippen LogP contribution in [0.5, 0.6) is 11.5 Å². The summed E-state index contributed by atoms with van der Waals surface area (Å²) in [4.78, 5) is 53.5. The summed E-state index contributed by atoms with van der Waals surface area (Å²) >= 11 is 3.46. The second kappa shape index (κ2) is 7.89. The minimum absolute atomic E-state index is 0.0590. The number of aryl methyl sites for hydroxylation is 1. The molecule has 0 aliphatic carbocycles. The maximum absolute atomic E-state index is 13.6. The zero-order chi connectivity index (χ0) is 25.3. The van der Waals surface area contributed by atoms with Gasteiger partial charge in [-0.15, -0.1) is 0 Å². The van der Waals surface area contributed by atoms with E-state index in [2.05, 4.69) is 15.9 Å². The average Bonchev–Trinajstić information content (AvgIpc) is 3.42. The van der Waals surface area contributed by atoms with Crippen molar-refractivity contribution in [2.45, 2.75) is 19.0 Å². The zero-order valence-electron chi connectivity index (χ0n) is 18.6. The number of nitro groups is 1. The highest BCUT2D eigenvalue weighted by atomic mass is 79.9. The Bertz CT molecular complexity index is 1520. The first-order chi connectivity index (χ1) is 17.3. The van der Waals surface area contributed by atoms with E-state index in [1.807, 2.05) is 19.1 Å². The van der Waals surface area contributed by atoms with Gasteiger partial charge in [0.2, 0.25) is 6.79 Å². The fourth-order valence-electron chi connectivity index (χ4n) is 4.91. The molecule has 1 saturated heterocycles. The third kappa shape index (κ3) is 3.05. The lowest BCUT2D eigenvalue weighted by Gasteiger charge is -2.49. The van der Waals surface area contributed by atoms with E-state index >= 15 is 0 Å². The molecule has 3 heterocycles. The number of fused-ring (bicyclic) bond motifs is 2. The normalized spacial score (nSPS) is 20.0. The highest BCUT2D eigenvalue weighted by Gasteiger charge is 2.58. The number of benzene rings is 3. The highest BCUT2D eigenvalue weighted by Crippen LogP contribution is 2.47. The Kier molecular flexibility index (Phi) is 4.87. The molecule has 0 radical (unpaired) electrons. The predicted octanol–water partition coefficient (Wildman–Crippen LogP) is 4.15. The number of halogens is 1. The van der Waals surface area contributed by atoms with Crippen molar-refractivity contribution in [3.63, 3.8) is 0 Å². The van der Waals surface area contributed by atoms with Crippen LogP contribution in [0.15, 0.2) is 59.1 Å². The Balaban J connectivity index is 1.46. The van der Waals surface area contributed by atoms with Crippen LogP contribution in [-0.2, 0) is 4.79 Å². The van der Waals surface area contributed by atoms with Crippen LogP contribution in [0.2, 0.25) is 0 Å². The molecule has 3 aliphatic heterocycles. The quantitative estimate of drug-likeness (QED) is 0.207. The van der Waals surface area contributed by atoms with Crippen molar-refractivity contribution in [3.05, 3.63) is 91.4 Å². The Labute approximate surface area is 212 Å². The molecule has 0 aromatic heterocycles. The van der Waals surface area contributed by atoms with Gasteiger partial charge in [-0.3, -0.25) is 29.4 Å². The molecule has 0 N–H and O–H groups in total. The van der Waals surface area contributed by atoms with Crippen LogP contribution >= 0.6 is 15.9 Å². The maximum atomic E-state index is 13.6. The van der Waals surface area contributed by atoms with Gasteiger partial charge in [-0.1, -0.05) is 28.1 Å². The van der Waals surface area contributed by atoms with E-state index in [-0.39, 0.29) is 17.9 Å². The third-order valence-electron chi connectivity index (χ3n) is 6.62. The number of hydrogen-bond donors (Lipinski definition) is 0. The Morgan fingerprint density at radius 2 is 1.72 bits per heavy atom. The first-order valence-electron chi connectivity index (χ1n) is 10.9. The van der Waals surface area contributed by atoms with E-state index in [4.69, 9.17) is 9.47 Å². The van der Waals surface area contributed by atoms with Gasteiger partial charge in [0.05, 0.1) is 16.5 Å². The van der Waals surface area contributed by atoms with E-state index in [1.54, 1.807) is 24.3 Å². The molecule has 10 nitrogen and oxygen atoms in total. The molecule has 180 valence electrons. The molecule has 6 rings (SSSR count). The van der Waals surface area contributed by atoms with Crippen LogP contribution in [0.3, 0.4) is 0 Å². The zero-order valence-corrected chi connectivity index (χ0v) is 20.2. The Morgan fingerprint density at radius 3 is 2.47 bits per heavy atom. The number of carbonyl (C=O) groups excluding carboxylic acids is 3. The standard InChI is InChI=1S/C25H16BrN3O7/c1-12-9-14(6-7-16(12)26)27-21(13-5-8-18-19(10-13)36-11-35-18)22(25(27)32)28-23(30)15-3-2-4-17(29(33)34)20(15)24(28)31/h2-10,21-22H,11H2,1H3/t21-,22-/m1/s1. The van der Waals surface area contributed by atoms with E-state index in [9.17, 15) is 24.5 Å². The van der Waals surface area contributed by atoms with Crippen LogP contribution in [0.25, 0.3) is 0 Å². The van der Waals surface area contributed by atoms with Gasteiger partial charge in [0.25, 0.3) is 23.4 Å². The number of nitro benzene ring substituents is 1. The van der Waals surface area contributed by atoms with Gasteiger partial charge < -0.3 is 14.4 Å². The molecule has 0 unspecified atom stereocenters. The third-order valence-corrected chi connectivity index (χ3v) is 7.51. The lowest BCUT2D eigenvalue weighted by Crippen LogP contribution is -2.67. The van der Waals surface area contributed by atoms with Gasteiger partial charge in [-0.25, -0.2) is 0 Å². The Morgan fingerprint density at radius 1 is 0.944 bits per heavy atom. The van der Waals surface area contributed by atoms with Crippen LogP contribution < -0.4 is 14.4 Å². The van der Waals surface area contributed by atoms with Crippen molar-refractivity contribution in [1.82, 2.24) is 4.90 Å². The number of carbonyl (C=O) groups is 3. The van der Waals surface area contributed by atoms with Gasteiger partial charge in [0.15, 0.2) is 11.5 Å². The molecule has 1 fully saturated rings. The summed E-state index contributed by atoms with van der Waals surface area (Å²) in [5, 5.41) is 11.5. The minimum Gasteiger partial charge on any atom is -0.454 e. The molecule has 0 spiro atoms. The number of amides is 3. The summed E-state index contributed by atoms with van der Waals surface area (Å²) in [5.41, 5.74) is 1.23. The molecule has 2 atom stereocenters. The van der Waals surface area contributed by atoms with Gasteiger partial charge >= 0.3 is 0 Å². The second-order valence-electron chi connectivity index (χ2n) is 8.58. The molecule has 3 aliphatic rings. The largest absolute Gasteiger partial charge is 0.454 e. The van der Waals surface area contributed by atoms with Crippen molar-refractivity contribution in [3.8, 4) is 11.5 Å². The van der Waals surface area contributed by atoms with Crippen molar-refractivity contribution in [2.75, 3.05) is 11.7 Å². The smallest absolute Gasteiger partial charge is 0.282 e. The van der Waals surface area contributed by atoms with Gasteiger partial charge in [-0.05, 0) is 54.4 Å². The van der Waals surface area contributed by atoms with E-state index in [0.29, 0.717) is 22.7 Å². The number of hydrogen-bond acceptors (Lipinski definition) is 7. The van der Waals surface area contributed by atoms with Crippen molar-refractivity contribution in [1.29, 1.82) is 0 Å². The predicted molar refractivity (Wildman–Crippen MR) is 129 cm³/mol. The van der Waals surface area contributed by atoms with Crippen LogP contribution in [0.4, 0.5) is 11.4 Å². The van der Waals surface area contributed by atoms with E-state index in [0.717, 1.165) is 14.9 Å².